The lowest BCUT2D eigenvalue weighted by molar-refractivity contribution is -0.119. The lowest BCUT2D eigenvalue weighted by Crippen LogP contribution is -2.48. The first-order valence-electron chi connectivity index (χ1n) is 8.93. The summed E-state index contributed by atoms with van der Waals surface area (Å²) in [7, 11) is 0. The number of carbonyl (C=O) groups excluding carboxylic acids is 3. The van der Waals surface area contributed by atoms with Gasteiger partial charge in [0.05, 0.1) is 0 Å². The monoisotopic (exact) mass is 382 g/mol. The maximum Gasteiger partial charge on any atom is 0.272 e. The molecule has 0 radical (unpaired) electrons. The number of hydrogen-bond acceptors (Lipinski definition) is 6. The van der Waals surface area contributed by atoms with Crippen molar-refractivity contribution >= 4 is 35.5 Å². The van der Waals surface area contributed by atoms with Crippen LogP contribution in [0.2, 0.25) is 0 Å². The number of nitrogens with zero attached hydrogens (tertiary/aromatic N) is 4. The Bertz CT molecular complexity index is 893. The molecular formula is C19H22N6O3. The van der Waals surface area contributed by atoms with Crippen LogP contribution in [0.25, 0.3) is 0 Å². The predicted molar refractivity (Wildman–Crippen MR) is 104 cm³/mol. The van der Waals surface area contributed by atoms with E-state index in [4.69, 9.17) is 0 Å². The largest absolute Gasteiger partial charge is 0.342 e. The summed E-state index contributed by atoms with van der Waals surface area (Å²) >= 11 is 0. The minimum Gasteiger partial charge on any atom is -0.342 e. The van der Waals surface area contributed by atoms with Crippen molar-refractivity contribution in [1.82, 2.24) is 19.8 Å². The fourth-order valence-electron chi connectivity index (χ4n) is 2.93. The number of aromatic nitrogens is 2. The normalized spacial score (nSPS) is 13.8. The van der Waals surface area contributed by atoms with Gasteiger partial charge in [-0.15, -0.1) is 0 Å². The van der Waals surface area contributed by atoms with Crippen molar-refractivity contribution in [2.24, 2.45) is 0 Å². The average molecular weight is 382 g/mol. The Kier molecular flexibility index (Phi) is 5.83. The molecule has 0 aliphatic carbocycles. The summed E-state index contributed by atoms with van der Waals surface area (Å²) in [6.45, 7) is 5.21. The molecule has 1 aromatic carbocycles. The average Bonchev–Trinajstić information content (AvgIpc) is 2.67. The van der Waals surface area contributed by atoms with E-state index >= 15 is 0 Å². The highest BCUT2D eigenvalue weighted by Gasteiger charge is 2.23. The van der Waals surface area contributed by atoms with E-state index in [1.54, 1.807) is 41.0 Å². The molecule has 1 aromatic heterocycles. The van der Waals surface area contributed by atoms with Crippen LogP contribution in [0.3, 0.4) is 0 Å². The molecular weight excluding hydrogens is 360 g/mol. The summed E-state index contributed by atoms with van der Waals surface area (Å²) < 4.78 is 0. The van der Waals surface area contributed by atoms with Gasteiger partial charge in [0.2, 0.25) is 18.3 Å². The number of anilines is 3. The molecule has 3 rings (SSSR count). The first-order valence-corrected chi connectivity index (χ1v) is 8.93. The Hall–Kier alpha value is -3.49. The van der Waals surface area contributed by atoms with Gasteiger partial charge in [0.25, 0.3) is 5.91 Å². The third kappa shape index (κ3) is 4.81. The van der Waals surface area contributed by atoms with Gasteiger partial charge in [0.15, 0.2) is 0 Å². The molecule has 1 aliphatic rings. The summed E-state index contributed by atoms with van der Waals surface area (Å²) in [6, 6.07) is 8.79. The molecule has 28 heavy (non-hydrogen) atoms. The molecule has 0 spiro atoms. The molecule has 1 saturated heterocycles. The molecule has 146 valence electrons. The van der Waals surface area contributed by atoms with Crippen LogP contribution < -0.4 is 10.6 Å². The maximum atomic E-state index is 12.8. The Morgan fingerprint density at radius 2 is 1.79 bits per heavy atom. The molecule has 2 N–H and O–H groups in total. The molecule has 2 aromatic rings. The van der Waals surface area contributed by atoms with Gasteiger partial charge in [-0.05, 0) is 31.2 Å². The van der Waals surface area contributed by atoms with Gasteiger partial charge in [-0.25, -0.2) is 9.97 Å². The van der Waals surface area contributed by atoms with E-state index in [1.165, 1.54) is 6.92 Å². The zero-order valence-corrected chi connectivity index (χ0v) is 15.8. The topological polar surface area (TPSA) is 108 Å². The van der Waals surface area contributed by atoms with Crippen molar-refractivity contribution < 1.29 is 14.4 Å². The number of rotatable bonds is 5. The van der Waals surface area contributed by atoms with Crippen LogP contribution in [-0.4, -0.2) is 64.2 Å². The highest BCUT2D eigenvalue weighted by atomic mass is 16.2. The lowest BCUT2D eigenvalue weighted by atomic mass is 10.2. The van der Waals surface area contributed by atoms with Crippen molar-refractivity contribution in [3.8, 4) is 0 Å². The van der Waals surface area contributed by atoms with Gasteiger partial charge >= 0.3 is 0 Å². The van der Waals surface area contributed by atoms with E-state index < -0.39 is 0 Å². The maximum absolute atomic E-state index is 12.8. The molecule has 0 atom stereocenters. The van der Waals surface area contributed by atoms with E-state index in [2.05, 4.69) is 20.6 Å². The molecule has 9 heteroatoms. The van der Waals surface area contributed by atoms with E-state index in [1.807, 2.05) is 6.07 Å². The summed E-state index contributed by atoms with van der Waals surface area (Å²) in [4.78, 5) is 46.8. The highest BCUT2D eigenvalue weighted by Crippen LogP contribution is 2.19. The molecule has 2 heterocycles. The summed E-state index contributed by atoms with van der Waals surface area (Å²) in [5.41, 5.74) is 2.29. The fraction of sp³-hybridized carbons (Fsp3) is 0.316. The van der Waals surface area contributed by atoms with Gasteiger partial charge in [0, 0.05) is 50.2 Å². The van der Waals surface area contributed by atoms with Crippen LogP contribution in [0.15, 0.2) is 30.3 Å². The molecule has 3 amide bonds. The van der Waals surface area contributed by atoms with Crippen molar-refractivity contribution in [3.63, 3.8) is 0 Å². The number of hydrogen-bond donors (Lipinski definition) is 2. The minimum atomic E-state index is -0.189. The summed E-state index contributed by atoms with van der Waals surface area (Å²) in [6.07, 6.45) is 0.799. The van der Waals surface area contributed by atoms with Gasteiger partial charge in [-0.1, -0.05) is 6.07 Å². The third-order valence-corrected chi connectivity index (χ3v) is 4.26. The quantitative estimate of drug-likeness (QED) is 0.757. The second-order valence-corrected chi connectivity index (χ2v) is 6.54. The fourth-order valence-corrected chi connectivity index (χ4v) is 2.93. The van der Waals surface area contributed by atoms with Crippen LogP contribution in [-0.2, 0) is 9.59 Å². The number of amides is 3. The van der Waals surface area contributed by atoms with Crippen molar-refractivity contribution in [1.29, 1.82) is 0 Å². The number of piperazine rings is 1. The van der Waals surface area contributed by atoms with Crippen molar-refractivity contribution in [2.75, 3.05) is 36.8 Å². The Morgan fingerprint density at radius 3 is 2.46 bits per heavy atom. The Balaban J connectivity index is 1.75. The van der Waals surface area contributed by atoms with Crippen LogP contribution in [0, 0.1) is 6.92 Å². The van der Waals surface area contributed by atoms with Gasteiger partial charge in [0.1, 0.15) is 5.69 Å². The molecule has 0 bridgehead atoms. The van der Waals surface area contributed by atoms with Crippen LogP contribution in [0.1, 0.15) is 23.1 Å². The predicted octanol–water partition coefficient (Wildman–Crippen LogP) is 1.40. The second-order valence-electron chi connectivity index (χ2n) is 6.54. The summed E-state index contributed by atoms with van der Waals surface area (Å²) in [5, 5.41) is 5.79. The van der Waals surface area contributed by atoms with Crippen molar-refractivity contribution in [3.05, 3.63) is 41.7 Å². The third-order valence-electron chi connectivity index (χ3n) is 4.26. The van der Waals surface area contributed by atoms with Crippen LogP contribution >= 0.6 is 0 Å². The number of carbonyl (C=O) groups is 3. The van der Waals surface area contributed by atoms with Crippen LogP contribution in [0.5, 0.6) is 0 Å². The number of aryl methyl sites for hydroxylation is 1. The first-order chi connectivity index (χ1) is 13.4. The van der Waals surface area contributed by atoms with Crippen molar-refractivity contribution in [2.45, 2.75) is 13.8 Å². The molecule has 1 aliphatic heterocycles. The molecule has 1 fully saturated rings. The highest BCUT2D eigenvalue weighted by molar-refractivity contribution is 5.93. The molecule has 9 nitrogen and oxygen atoms in total. The lowest BCUT2D eigenvalue weighted by Gasteiger charge is -2.32. The second kappa shape index (κ2) is 8.47. The Labute approximate surface area is 162 Å². The van der Waals surface area contributed by atoms with Gasteiger partial charge in [-0.3, -0.25) is 14.4 Å². The molecule has 0 unspecified atom stereocenters. The smallest absolute Gasteiger partial charge is 0.272 e. The zero-order valence-electron chi connectivity index (χ0n) is 15.8. The van der Waals surface area contributed by atoms with E-state index in [0.29, 0.717) is 54.9 Å². The number of benzene rings is 1. The minimum absolute atomic E-state index is 0.161. The Morgan fingerprint density at radius 1 is 1.07 bits per heavy atom. The van der Waals surface area contributed by atoms with Gasteiger partial charge < -0.3 is 20.4 Å². The summed E-state index contributed by atoms with van der Waals surface area (Å²) in [5.74, 6) is -0.0486. The first kappa shape index (κ1) is 19.3. The van der Waals surface area contributed by atoms with E-state index in [0.717, 1.165) is 6.41 Å². The standard InChI is InChI=1S/C19H22N6O3/c1-13-10-17(18(28)25-8-6-24(12-26)7-9-25)23-19(20-13)22-16-5-3-4-15(11-16)21-14(2)27/h3-5,10-12H,6-9H2,1-2H3,(H,21,27)(H,20,22,23). The van der Waals surface area contributed by atoms with E-state index in [9.17, 15) is 14.4 Å². The zero-order chi connectivity index (χ0) is 20.1. The molecule has 0 saturated carbocycles. The van der Waals surface area contributed by atoms with E-state index in [-0.39, 0.29) is 11.8 Å². The number of nitrogens with one attached hydrogen (secondary N) is 2. The van der Waals surface area contributed by atoms with Crippen LogP contribution in [0.4, 0.5) is 17.3 Å². The van der Waals surface area contributed by atoms with Gasteiger partial charge in [-0.2, -0.15) is 0 Å². The SMILES string of the molecule is CC(=O)Nc1cccc(Nc2nc(C)cc(C(=O)N3CCN(C=O)CC3)n2)c1.